The van der Waals surface area contributed by atoms with Gasteiger partial charge in [0, 0.05) is 31.8 Å². The number of anilines is 1. The van der Waals surface area contributed by atoms with E-state index in [0.29, 0.717) is 22.6 Å². The smallest absolute Gasteiger partial charge is 0.350 e. The van der Waals surface area contributed by atoms with Crippen LogP contribution in [-0.4, -0.2) is 73.1 Å². The third-order valence-corrected chi connectivity index (χ3v) is 7.63. The van der Waals surface area contributed by atoms with Crippen molar-refractivity contribution in [1.29, 1.82) is 0 Å². The molecule has 4 heterocycles. The highest BCUT2D eigenvalue weighted by Crippen LogP contribution is 2.46. The molecule has 3 fully saturated rings. The predicted octanol–water partition coefficient (Wildman–Crippen LogP) is 2.26. The van der Waals surface area contributed by atoms with Crippen molar-refractivity contribution in [3.8, 4) is 28.4 Å². The van der Waals surface area contributed by atoms with E-state index in [9.17, 15) is 9.90 Å². The molecule has 34 heavy (non-hydrogen) atoms. The second kappa shape index (κ2) is 8.12. The number of aromatic hydroxyl groups is 1. The highest BCUT2D eigenvalue weighted by molar-refractivity contribution is 5.72. The van der Waals surface area contributed by atoms with Crippen molar-refractivity contribution < 1.29 is 9.50 Å². The van der Waals surface area contributed by atoms with E-state index in [1.165, 1.54) is 17.0 Å². The van der Waals surface area contributed by atoms with E-state index in [4.69, 9.17) is 0 Å². The molecule has 2 unspecified atom stereocenters. The normalized spacial score (nSPS) is 26.6. The van der Waals surface area contributed by atoms with Gasteiger partial charge < -0.3 is 10.0 Å². The minimum absolute atomic E-state index is 0.0263. The van der Waals surface area contributed by atoms with Gasteiger partial charge in [0.15, 0.2) is 11.6 Å². The van der Waals surface area contributed by atoms with Gasteiger partial charge in [-0.05, 0) is 57.0 Å². The van der Waals surface area contributed by atoms with Crippen LogP contribution in [-0.2, 0) is 7.05 Å². The maximum atomic E-state index is 15.5. The van der Waals surface area contributed by atoms with Crippen molar-refractivity contribution in [1.82, 2.24) is 29.6 Å². The summed E-state index contributed by atoms with van der Waals surface area (Å²) in [4.78, 5) is 23.9. The zero-order chi connectivity index (χ0) is 24.2. The van der Waals surface area contributed by atoms with Crippen LogP contribution in [0.3, 0.4) is 0 Å². The number of fused-ring (bicyclic) bond motifs is 3. The number of nitrogens with zero attached hydrogens (tertiary/aromatic N) is 7. The average Bonchev–Trinajstić information content (AvgIpc) is 2.82. The Morgan fingerprint density at radius 1 is 1.21 bits per heavy atom. The first-order chi connectivity index (χ1) is 16.2. The molecule has 9 nitrogen and oxygen atoms in total. The number of phenolic OH excluding ortho intramolecular Hbond substituents is 1. The lowest BCUT2D eigenvalue weighted by Gasteiger charge is -2.58. The van der Waals surface area contributed by atoms with Gasteiger partial charge in [-0.25, -0.2) is 14.2 Å². The molecule has 4 atom stereocenters. The number of rotatable bonds is 4. The molecule has 1 aromatic carbocycles. The van der Waals surface area contributed by atoms with Gasteiger partial charge in [-0.3, -0.25) is 9.47 Å². The number of aryl methyl sites for hydroxylation is 1. The Morgan fingerprint density at radius 2 is 2.00 bits per heavy atom. The number of aromatic nitrogens is 5. The Hall–Kier alpha value is -3.40. The first-order valence-corrected chi connectivity index (χ1v) is 11.3. The van der Waals surface area contributed by atoms with Gasteiger partial charge in [0.25, 0.3) is 0 Å². The average molecular weight is 466 g/mol. The van der Waals surface area contributed by atoms with E-state index in [2.05, 4.69) is 25.1 Å². The molecular formula is C24H28FN7O2. The second-order valence-corrected chi connectivity index (χ2v) is 9.62. The van der Waals surface area contributed by atoms with Crippen molar-refractivity contribution in [2.75, 3.05) is 25.5 Å². The largest absolute Gasteiger partial charge is 0.507 e. The molecule has 2 aromatic heterocycles. The summed E-state index contributed by atoms with van der Waals surface area (Å²) in [6.45, 7) is 2.88. The number of hydrogen-bond donors (Lipinski definition) is 1. The number of hydrogen-bond acceptors (Lipinski definition) is 8. The number of phenols is 1. The topological polar surface area (TPSA) is 100 Å². The van der Waals surface area contributed by atoms with E-state index < -0.39 is 17.4 Å². The van der Waals surface area contributed by atoms with Crippen LogP contribution in [0.25, 0.3) is 22.6 Å². The van der Waals surface area contributed by atoms with Crippen LogP contribution in [0, 0.1) is 5.92 Å². The summed E-state index contributed by atoms with van der Waals surface area (Å²) in [6.07, 6.45) is 2.26. The lowest BCUT2D eigenvalue weighted by Crippen LogP contribution is -2.70. The van der Waals surface area contributed by atoms with E-state index >= 15 is 4.39 Å². The van der Waals surface area contributed by atoms with E-state index in [-0.39, 0.29) is 23.5 Å². The Labute approximate surface area is 196 Å². The van der Waals surface area contributed by atoms with E-state index in [1.807, 2.05) is 25.9 Å². The van der Waals surface area contributed by atoms with Gasteiger partial charge in [0.2, 0.25) is 0 Å². The lowest BCUT2D eigenvalue weighted by atomic mass is 9.67. The molecule has 6 rings (SSSR count). The molecule has 0 spiro atoms. The van der Waals surface area contributed by atoms with Crippen molar-refractivity contribution in [2.24, 2.45) is 13.0 Å². The fraction of sp³-hybridized carbons (Fsp3) is 0.458. The maximum absolute atomic E-state index is 15.5. The third kappa shape index (κ3) is 3.53. The fourth-order valence-electron chi connectivity index (χ4n) is 5.29. The van der Waals surface area contributed by atoms with Crippen LogP contribution < -0.4 is 10.6 Å². The molecule has 2 saturated heterocycles. The van der Waals surface area contributed by atoms with Crippen LogP contribution >= 0.6 is 0 Å². The minimum atomic E-state index is -0.981. The molecule has 3 aliphatic rings. The Balaban J connectivity index is 1.38. The van der Waals surface area contributed by atoms with Crippen molar-refractivity contribution in [2.45, 2.75) is 37.5 Å². The van der Waals surface area contributed by atoms with Crippen LogP contribution in [0.4, 0.5) is 10.2 Å². The summed E-state index contributed by atoms with van der Waals surface area (Å²) in [7, 11) is 5.45. The fourth-order valence-corrected chi connectivity index (χ4v) is 5.29. The lowest BCUT2D eigenvalue weighted by molar-refractivity contribution is -0.0816. The first kappa shape index (κ1) is 22.4. The Kier molecular flexibility index (Phi) is 5.35. The molecule has 1 saturated carbocycles. The molecule has 2 aliphatic heterocycles. The van der Waals surface area contributed by atoms with Crippen molar-refractivity contribution in [3.05, 3.63) is 47.1 Å². The summed E-state index contributed by atoms with van der Waals surface area (Å²) >= 11 is 0. The Bertz CT molecular complexity index is 1280. The van der Waals surface area contributed by atoms with Gasteiger partial charge in [-0.15, -0.1) is 10.2 Å². The van der Waals surface area contributed by atoms with E-state index in [0.717, 1.165) is 19.4 Å². The molecule has 10 heteroatoms. The summed E-state index contributed by atoms with van der Waals surface area (Å²) in [5.41, 5.74) is 0.606. The van der Waals surface area contributed by atoms with Crippen molar-refractivity contribution in [3.63, 3.8) is 0 Å². The van der Waals surface area contributed by atoms with Crippen LogP contribution in [0.15, 0.2) is 41.5 Å². The van der Waals surface area contributed by atoms with Crippen molar-refractivity contribution >= 4 is 5.82 Å². The zero-order valence-electron chi connectivity index (χ0n) is 19.7. The molecule has 0 radical (unpaired) electrons. The summed E-state index contributed by atoms with van der Waals surface area (Å²) < 4.78 is 16.8. The molecule has 0 amide bonds. The Morgan fingerprint density at radius 3 is 2.65 bits per heavy atom. The minimum Gasteiger partial charge on any atom is -0.507 e. The van der Waals surface area contributed by atoms with Crippen LogP contribution in [0.5, 0.6) is 5.75 Å². The predicted molar refractivity (Wildman–Crippen MR) is 126 cm³/mol. The molecule has 178 valence electrons. The number of alkyl halides is 1. The van der Waals surface area contributed by atoms with Gasteiger partial charge in [0.05, 0.1) is 17.3 Å². The first-order valence-electron chi connectivity index (χ1n) is 11.3. The molecule has 3 aromatic rings. The number of benzene rings is 1. The third-order valence-electron chi connectivity index (χ3n) is 7.63. The second-order valence-electron chi connectivity index (χ2n) is 9.62. The highest BCUT2D eigenvalue weighted by Gasteiger charge is 2.55. The monoisotopic (exact) mass is 465 g/mol. The van der Waals surface area contributed by atoms with Crippen LogP contribution in [0.2, 0.25) is 0 Å². The van der Waals surface area contributed by atoms with Crippen LogP contribution in [0.1, 0.15) is 19.8 Å². The summed E-state index contributed by atoms with van der Waals surface area (Å²) in [6, 6.07) is 8.23. The van der Waals surface area contributed by atoms with E-state index in [1.54, 1.807) is 31.3 Å². The molecular weight excluding hydrogens is 437 g/mol. The quantitative estimate of drug-likeness (QED) is 0.626. The molecule has 2 bridgehead atoms. The van der Waals surface area contributed by atoms with Gasteiger partial charge in [0.1, 0.15) is 18.2 Å². The summed E-state index contributed by atoms with van der Waals surface area (Å²) in [5.74, 6) is 1.04. The maximum Gasteiger partial charge on any atom is 0.350 e. The van der Waals surface area contributed by atoms with Gasteiger partial charge >= 0.3 is 5.69 Å². The zero-order valence-corrected chi connectivity index (χ0v) is 19.7. The number of halogens is 1. The SMILES string of the molecule is CN(c1ccc(-c2ccc(-c3ncn(C)c(=O)n3)cc2O)nn1)C1C(F)[C@@]2(C)CC[C@@H]1CN2C. The standard InChI is InChI=1S/C24H28FN7O2/c1-24-10-9-15(12-31(24)3)20(21(24)25)32(4)19-8-7-17(28-29-19)16-6-5-14(11-18(16)33)22-26-13-30(2)23(34)27-22/h5-8,11,13,15,20-21,33H,9-10,12H2,1-4H3/t15-,20?,21?,24-/m1/s1. The number of piperidine rings is 2. The van der Waals surface area contributed by atoms with Gasteiger partial charge in [-0.1, -0.05) is 6.07 Å². The molecule has 1 aliphatic carbocycles. The highest BCUT2D eigenvalue weighted by atomic mass is 19.1. The summed E-state index contributed by atoms with van der Waals surface area (Å²) in [5, 5.41) is 19.3. The van der Waals surface area contributed by atoms with Gasteiger partial charge in [-0.2, -0.15) is 4.98 Å². The molecule has 1 N–H and O–H groups in total.